The molecule has 46 heavy (non-hydrogen) atoms. The summed E-state index contributed by atoms with van der Waals surface area (Å²) >= 11 is 0. The van der Waals surface area contributed by atoms with E-state index in [0.717, 1.165) is 42.8 Å². The standard InChI is InChI=1S/C37H44N4O4.HI/c1-6-40-32-17-16-26(25-18-20-39(21-19-25)36(43)45-37(3,4)5)22-33(32)41(7-2)34(40)23-38-35(42)44-24-31-29-14-10-8-12-27(29)28-13-9-11-15-30(28)31;/h8-17,22,25,31H,6-7,18-21,23-24H2,1-5H3;1H. The lowest BCUT2D eigenvalue weighted by Crippen LogP contribution is -3.00. The molecule has 2 heterocycles. The van der Waals surface area contributed by atoms with Gasteiger partial charge >= 0.3 is 12.2 Å². The topological polar surface area (TPSA) is 76.7 Å². The van der Waals surface area contributed by atoms with Crippen molar-refractivity contribution in [2.75, 3.05) is 19.7 Å². The van der Waals surface area contributed by atoms with Crippen LogP contribution in [-0.4, -0.2) is 47.0 Å². The highest BCUT2D eigenvalue weighted by molar-refractivity contribution is 5.79. The highest BCUT2D eigenvalue weighted by atomic mass is 127. The quantitative estimate of drug-likeness (QED) is 0.229. The third-order valence-corrected chi connectivity index (χ3v) is 9.19. The summed E-state index contributed by atoms with van der Waals surface area (Å²) in [6.07, 6.45) is 1.17. The molecular weight excluding hydrogens is 691 g/mol. The van der Waals surface area contributed by atoms with E-state index >= 15 is 0 Å². The van der Waals surface area contributed by atoms with Crippen molar-refractivity contribution in [3.05, 3.63) is 89.2 Å². The number of piperidine rings is 1. The first-order valence-corrected chi connectivity index (χ1v) is 16.3. The molecule has 6 rings (SSSR count). The van der Waals surface area contributed by atoms with Gasteiger partial charge in [0.25, 0.3) is 5.82 Å². The number of likely N-dealkylation sites (tertiary alicyclic amines) is 1. The number of benzene rings is 3. The zero-order valence-electron chi connectivity index (χ0n) is 27.5. The fourth-order valence-corrected chi connectivity index (χ4v) is 7.08. The number of hydrogen-bond donors (Lipinski definition) is 1. The number of halogens is 1. The molecule has 3 aromatic carbocycles. The van der Waals surface area contributed by atoms with E-state index in [1.165, 1.54) is 27.8 Å². The summed E-state index contributed by atoms with van der Waals surface area (Å²) in [5.41, 5.74) is 7.95. The minimum Gasteiger partial charge on any atom is -1.00 e. The van der Waals surface area contributed by atoms with Crippen molar-refractivity contribution in [1.82, 2.24) is 14.8 Å². The van der Waals surface area contributed by atoms with Crippen LogP contribution in [0.25, 0.3) is 22.2 Å². The van der Waals surface area contributed by atoms with Gasteiger partial charge in [-0.2, -0.15) is 0 Å². The molecule has 1 fully saturated rings. The second kappa shape index (κ2) is 14.0. The first-order valence-electron chi connectivity index (χ1n) is 16.3. The predicted octanol–water partition coefficient (Wildman–Crippen LogP) is 4.13. The smallest absolute Gasteiger partial charge is 0.410 e. The third kappa shape index (κ3) is 6.75. The largest absolute Gasteiger partial charge is 1.00 e. The molecule has 0 radical (unpaired) electrons. The van der Waals surface area contributed by atoms with Crippen molar-refractivity contribution in [1.29, 1.82) is 0 Å². The fraction of sp³-hybridized carbons (Fsp3) is 0.432. The lowest BCUT2D eigenvalue weighted by Gasteiger charge is -2.33. The van der Waals surface area contributed by atoms with E-state index in [9.17, 15) is 9.59 Å². The fourth-order valence-electron chi connectivity index (χ4n) is 7.08. The second-order valence-corrected chi connectivity index (χ2v) is 13.1. The van der Waals surface area contributed by atoms with Crippen molar-refractivity contribution in [2.24, 2.45) is 0 Å². The number of rotatable bonds is 7. The molecular formula is C37H45IN4O4. The predicted molar refractivity (Wildman–Crippen MR) is 175 cm³/mol. The Hall–Kier alpha value is -3.60. The number of aryl methyl sites for hydroxylation is 2. The van der Waals surface area contributed by atoms with E-state index in [1.54, 1.807) is 0 Å². The van der Waals surface area contributed by atoms with Crippen LogP contribution in [0.3, 0.4) is 0 Å². The summed E-state index contributed by atoms with van der Waals surface area (Å²) in [5, 5.41) is 3.04. The Bertz CT molecular complexity index is 1670. The summed E-state index contributed by atoms with van der Waals surface area (Å²) in [6, 6.07) is 23.5. The van der Waals surface area contributed by atoms with Crippen LogP contribution < -0.4 is 33.9 Å². The van der Waals surface area contributed by atoms with Crippen LogP contribution in [-0.2, 0) is 29.1 Å². The maximum atomic E-state index is 13.0. The van der Waals surface area contributed by atoms with Gasteiger partial charge in [-0.05, 0) is 93.3 Å². The Balaban J connectivity index is 0.00000417. The number of carbonyl (C=O) groups excluding carboxylic acids is 2. The van der Waals surface area contributed by atoms with Gasteiger partial charge in [-0.3, -0.25) is 0 Å². The normalized spacial score (nSPS) is 14.8. The third-order valence-electron chi connectivity index (χ3n) is 9.19. The average Bonchev–Trinajstić information content (AvgIpc) is 3.53. The number of imidazole rings is 1. The molecule has 0 unspecified atom stereocenters. The van der Waals surface area contributed by atoms with Crippen molar-refractivity contribution in [3.8, 4) is 11.1 Å². The van der Waals surface area contributed by atoms with Crippen LogP contribution in [0.15, 0.2) is 66.7 Å². The average molecular weight is 737 g/mol. The zero-order valence-corrected chi connectivity index (χ0v) is 29.7. The van der Waals surface area contributed by atoms with E-state index < -0.39 is 11.7 Å². The minimum atomic E-state index is -0.489. The molecule has 1 aliphatic carbocycles. The van der Waals surface area contributed by atoms with Gasteiger partial charge in [0.1, 0.15) is 18.8 Å². The molecule has 0 atom stereocenters. The number of fused-ring (bicyclic) bond motifs is 4. The van der Waals surface area contributed by atoms with Gasteiger partial charge in [-0.15, -0.1) is 0 Å². The molecule has 0 spiro atoms. The molecule has 0 saturated carbocycles. The maximum Gasteiger partial charge on any atom is 0.410 e. The number of hydrogen-bond acceptors (Lipinski definition) is 4. The van der Waals surface area contributed by atoms with Gasteiger partial charge in [0.15, 0.2) is 11.0 Å². The molecule has 0 bridgehead atoms. The molecule has 4 aromatic rings. The van der Waals surface area contributed by atoms with Crippen LogP contribution >= 0.6 is 0 Å². The monoisotopic (exact) mass is 736 g/mol. The summed E-state index contributed by atoms with van der Waals surface area (Å²) < 4.78 is 16.0. The molecule has 8 nitrogen and oxygen atoms in total. The maximum absolute atomic E-state index is 13.0. The number of alkyl carbamates (subject to hydrolysis) is 1. The van der Waals surface area contributed by atoms with E-state index in [4.69, 9.17) is 9.47 Å². The van der Waals surface area contributed by atoms with Crippen LogP contribution in [0.2, 0.25) is 0 Å². The SMILES string of the molecule is CCn1c(CNC(=O)OCC2c3ccccc3-c3ccccc32)[n+](CC)c2ccc(C3CCN(C(=O)OC(C)(C)C)CC3)cc21.[I-]. The molecule has 2 amide bonds. The van der Waals surface area contributed by atoms with Crippen molar-refractivity contribution in [2.45, 2.75) is 84.5 Å². The number of nitrogens with zero attached hydrogens (tertiary/aromatic N) is 3. The molecule has 1 N–H and O–H groups in total. The first-order chi connectivity index (χ1) is 21.7. The molecule has 2 aliphatic rings. The second-order valence-electron chi connectivity index (χ2n) is 13.1. The number of amides is 2. The van der Waals surface area contributed by atoms with Gasteiger partial charge < -0.3 is 43.7 Å². The van der Waals surface area contributed by atoms with Crippen LogP contribution in [0.5, 0.6) is 0 Å². The molecule has 244 valence electrons. The van der Waals surface area contributed by atoms with Gasteiger partial charge in [0.2, 0.25) is 0 Å². The number of aromatic nitrogens is 2. The van der Waals surface area contributed by atoms with Crippen molar-refractivity contribution < 1.29 is 47.6 Å². The van der Waals surface area contributed by atoms with Crippen LogP contribution in [0.4, 0.5) is 9.59 Å². The van der Waals surface area contributed by atoms with Gasteiger partial charge in [-0.25, -0.2) is 18.7 Å². The van der Waals surface area contributed by atoms with E-state index in [2.05, 4.69) is 82.9 Å². The van der Waals surface area contributed by atoms with E-state index in [-0.39, 0.29) is 36.0 Å². The Kier molecular flexibility index (Phi) is 10.3. The molecule has 1 aromatic heterocycles. The van der Waals surface area contributed by atoms with Crippen molar-refractivity contribution in [3.63, 3.8) is 0 Å². The first kappa shape index (κ1) is 33.8. The van der Waals surface area contributed by atoms with Crippen LogP contribution in [0.1, 0.15) is 81.8 Å². The summed E-state index contributed by atoms with van der Waals surface area (Å²) in [4.78, 5) is 27.4. The Labute approximate surface area is 289 Å². The lowest BCUT2D eigenvalue weighted by molar-refractivity contribution is -0.676. The highest BCUT2D eigenvalue weighted by Gasteiger charge is 2.31. The number of ether oxygens (including phenoxy) is 2. The van der Waals surface area contributed by atoms with Crippen molar-refractivity contribution >= 4 is 23.2 Å². The number of nitrogens with one attached hydrogen (secondary N) is 1. The highest BCUT2D eigenvalue weighted by Crippen LogP contribution is 2.44. The Morgan fingerprint density at radius 1 is 0.935 bits per heavy atom. The summed E-state index contributed by atoms with van der Waals surface area (Å²) in [7, 11) is 0. The Morgan fingerprint density at radius 3 is 2.15 bits per heavy atom. The minimum absolute atomic E-state index is 0. The summed E-state index contributed by atoms with van der Waals surface area (Å²) in [6.45, 7) is 13.6. The van der Waals surface area contributed by atoms with Gasteiger partial charge in [0, 0.05) is 19.0 Å². The van der Waals surface area contributed by atoms with Gasteiger partial charge in [0.05, 0.1) is 13.1 Å². The lowest BCUT2D eigenvalue weighted by atomic mass is 9.89. The number of carbonyl (C=O) groups is 2. The zero-order chi connectivity index (χ0) is 31.7. The van der Waals surface area contributed by atoms with E-state index in [1.807, 2.05) is 37.8 Å². The van der Waals surface area contributed by atoms with E-state index in [0.29, 0.717) is 32.2 Å². The molecule has 1 saturated heterocycles. The Morgan fingerprint density at radius 2 is 1.57 bits per heavy atom. The summed E-state index contributed by atoms with van der Waals surface area (Å²) in [5.74, 6) is 1.45. The molecule has 9 heteroatoms. The van der Waals surface area contributed by atoms with Crippen LogP contribution in [0, 0.1) is 0 Å². The van der Waals surface area contributed by atoms with Gasteiger partial charge in [-0.1, -0.05) is 54.6 Å². The molecule has 1 aliphatic heterocycles.